The van der Waals surface area contributed by atoms with Gasteiger partial charge in [-0.15, -0.1) is 0 Å². The third-order valence-corrected chi connectivity index (χ3v) is 5.49. The van der Waals surface area contributed by atoms with Gasteiger partial charge in [0, 0.05) is 49.8 Å². The fraction of sp³-hybridized carbons (Fsp3) is 0.360. The highest BCUT2D eigenvalue weighted by atomic mass is 16.5. The molecule has 4 rings (SSSR count). The summed E-state index contributed by atoms with van der Waals surface area (Å²) in [5, 5.41) is 0. The number of hydrogen-bond acceptors (Lipinski definition) is 6. The van der Waals surface area contributed by atoms with Gasteiger partial charge < -0.3 is 14.2 Å². The minimum atomic E-state index is 0.282. The maximum Gasteiger partial charge on any atom is 0.159 e. The molecule has 0 aliphatic carbocycles. The number of hydrogen-bond donors (Lipinski definition) is 0. The van der Waals surface area contributed by atoms with Crippen molar-refractivity contribution in [2.45, 2.75) is 32.0 Å². The predicted molar refractivity (Wildman–Crippen MR) is 120 cm³/mol. The van der Waals surface area contributed by atoms with Gasteiger partial charge in [0.1, 0.15) is 11.5 Å². The molecule has 1 fully saturated rings. The Morgan fingerprint density at radius 2 is 1.68 bits per heavy atom. The first-order chi connectivity index (χ1) is 15.2. The van der Waals surface area contributed by atoms with Crippen molar-refractivity contribution < 1.29 is 14.2 Å². The molecule has 31 heavy (non-hydrogen) atoms. The molecule has 1 aliphatic heterocycles. The lowest BCUT2D eigenvalue weighted by atomic mass is 10.1. The minimum absolute atomic E-state index is 0.282. The Kier molecular flexibility index (Phi) is 7.12. The summed E-state index contributed by atoms with van der Waals surface area (Å²) >= 11 is 0. The number of methoxy groups -OCH3 is 2. The molecule has 1 atom stereocenters. The molecular formula is C25H29N3O3. The Morgan fingerprint density at radius 3 is 2.35 bits per heavy atom. The third kappa shape index (κ3) is 5.81. The number of aromatic nitrogens is 2. The second-order valence-corrected chi connectivity index (χ2v) is 7.80. The lowest BCUT2D eigenvalue weighted by Gasteiger charge is -2.25. The molecule has 0 spiro atoms. The average molecular weight is 420 g/mol. The molecule has 1 saturated heterocycles. The van der Waals surface area contributed by atoms with Gasteiger partial charge in [-0.25, -0.2) is 9.97 Å². The topological polar surface area (TPSA) is 56.7 Å². The summed E-state index contributed by atoms with van der Waals surface area (Å²) in [6.07, 6.45) is 6.37. The van der Waals surface area contributed by atoms with Crippen molar-refractivity contribution >= 4 is 0 Å². The van der Waals surface area contributed by atoms with E-state index in [-0.39, 0.29) is 6.10 Å². The van der Waals surface area contributed by atoms with Gasteiger partial charge in [-0.2, -0.15) is 0 Å². The smallest absolute Gasteiger partial charge is 0.159 e. The van der Waals surface area contributed by atoms with Crippen LogP contribution in [0.1, 0.15) is 24.0 Å². The largest absolute Gasteiger partial charge is 0.497 e. The van der Waals surface area contributed by atoms with Crippen LogP contribution in [0.4, 0.5) is 0 Å². The second kappa shape index (κ2) is 10.4. The van der Waals surface area contributed by atoms with E-state index < -0.39 is 0 Å². The summed E-state index contributed by atoms with van der Waals surface area (Å²) in [6, 6.07) is 16.0. The van der Waals surface area contributed by atoms with E-state index in [4.69, 9.17) is 14.2 Å². The lowest BCUT2D eigenvalue weighted by molar-refractivity contribution is 0.0678. The first-order valence-electron chi connectivity index (χ1n) is 10.7. The van der Waals surface area contributed by atoms with E-state index in [0.717, 1.165) is 61.7 Å². The Morgan fingerprint density at radius 1 is 0.935 bits per heavy atom. The molecule has 3 aromatic rings. The van der Waals surface area contributed by atoms with E-state index in [1.807, 2.05) is 48.8 Å². The van der Waals surface area contributed by atoms with Crippen LogP contribution < -0.4 is 9.47 Å². The average Bonchev–Trinajstić information content (AvgIpc) is 3.33. The van der Waals surface area contributed by atoms with Crippen molar-refractivity contribution in [3.63, 3.8) is 0 Å². The van der Waals surface area contributed by atoms with Gasteiger partial charge in [-0.3, -0.25) is 4.90 Å². The first kappa shape index (κ1) is 21.3. The predicted octanol–water partition coefficient (Wildman–Crippen LogP) is 4.34. The summed E-state index contributed by atoms with van der Waals surface area (Å²) in [5.74, 6) is 2.41. The Bertz CT molecular complexity index is 955. The van der Waals surface area contributed by atoms with Gasteiger partial charge in [0.15, 0.2) is 5.82 Å². The van der Waals surface area contributed by atoms with Gasteiger partial charge in [0.2, 0.25) is 0 Å². The zero-order valence-corrected chi connectivity index (χ0v) is 18.2. The third-order valence-electron chi connectivity index (χ3n) is 5.49. The molecule has 2 aromatic carbocycles. The molecule has 6 nitrogen and oxygen atoms in total. The normalized spacial score (nSPS) is 15.9. The van der Waals surface area contributed by atoms with Gasteiger partial charge in [-0.1, -0.05) is 12.1 Å². The van der Waals surface area contributed by atoms with Gasteiger partial charge >= 0.3 is 0 Å². The molecule has 0 unspecified atom stereocenters. The van der Waals surface area contributed by atoms with Crippen molar-refractivity contribution in [1.29, 1.82) is 0 Å². The van der Waals surface area contributed by atoms with Crippen molar-refractivity contribution in [1.82, 2.24) is 14.9 Å². The van der Waals surface area contributed by atoms with Crippen LogP contribution in [0.2, 0.25) is 0 Å². The van der Waals surface area contributed by atoms with Crippen molar-refractivity contribution in [2.75, 3.05) is 27.4 Å². The minimum Gasteiger partial charge on any atom is -0.497 e. The van der Waals surface area contributed by atoms with Crippen LogP contribution in [-0.2, 0) is 17.8 Å². The molecule has 162 valence electrons. The maximum absolute atomic E-state index is 5.89. The zero-order chi connectivity index (χ0) is 21.5. The first-order valence-corrected chi connectivity index (χ1v) is 10.7. The van der Waals surface area contributed by atoms with E-state index >= 15 is 0 Å². The lowest BCUT2D eigenvalue weighted by Crippen LogP contribution is -2.31. The number of nitrogens with zero attached hydrogens (tertiary/aromatic N) is 3. The molecule has 2 heterocycles. The molecule has 0 saturated carbocycles. The monoisotopic (exact) mass is 419 g/mol. The second-order valence-electron chi connectivity index (χ2n) is 7.80. The van der Waals surface area contributed by atoms with E-state index in [9.17, 15) is 0 Å². The molecule has 6 heteroatoms. The summed E-state index contributed by atoms with van der Waals surface area (Å²) in [7, 11) is 3.36. The van der Waals surface area contributed by atoms with Gasteiger partial charge in [0.25, 0.3) is 0 Å². The van der Waals surface area contributed by atoms with Gasteiger partial charge in [0.05, 0.1) is 20.3 Å². The van der Waals surface area contributed by atoms with Crippen LogP contribution in [0.15, 0.2) is 60.9 Å². The summed E-state index contributed by atoms with van der Waals surface area (Å²) < 4.78 is 16.5. The van der Waals surface area contributed by atoms with E-state index in [1.54, 1.807) is 14.2 Å². The van der Waals surface area contributed by atoms with Crippen LogP contribution in [0.25, 0.3) is 11.4 Å². The fourth-order valence-corrected chi connectivity index (χ4v) is 3.87. The highest BCUT2D eigenvalue weighted by Gasteiger charge is 2.20. The summed E-state index contributed by atoms with van der Waals surface area (Å²) in [4.78, 5) is 11.6. The molecule has 1 aliphatic rings. The van der Waals surface area contributed by atoms with Crippen LogP contribution in [0.3, 0.4) is 0 Å². The highest BCUT2D eigenvalue weighted by Crippen LogP contribution is 2.21. The molecule has 0 radical (unpaired) electrons. The summed E-state index contributed by atoms with van der Waals surface area (Å²) in [6.45, 7) is 3.33. The van der Waals surface area contributed by atoms with Gasteiger partial charge in [-0.05, 0) is 54.8 Å². The standard InChI is InChI=1S/C25H29N3O3/c1-29-22-10-8-21(9-11-22)25-26-14-20(15-27-25)17-28(18-24-7-4-12-31-24)16-19-5-3-6-23(13-19)30-2/h3,5-6,8-11,13-15,24H,4,7,12,16-18H2,1-2H3/t24-/m0/s1. The molecule has 0 amide bonds. The number of benzene rings is 2. The molecule has 0 N–H and O–H groups in total. The van der Waals surface area contributed by atoms with Crippen LogP contribution in [0.5, 0.6) is 11.5 Å². The Labute approximate surface area is 183 Å². The SMILES string of the molecule is COc1ccc(-c2ncc(CN(Cc3cccc(OC)c3)C[C@@H]3CCCO3)cn2)cc1. The van der Waals surface area contributed by atoms with E-state index in [0.29, 0.717) is 5.82 Å². The number of rotatable bonds is 9. The Hall–Kier alpha value is -2.96. The molecular weight excluding hydrogens is 390 g/mol. The number of ether oxygens (including phenoxy) is 3. The van der Waals surface area contributed by atoms with Crippen LogP contribution in [-0.4, -0.2) is 48.3 Å². The quantitative estimate of drug-likeness (QED) is 0.514. The molecule has 1 aromatic heterocycles. The highest BCUT2D eigenvalue weighted by molar-refractivity contribution is 5.55. The van der Waals surface area contributed by atoms with Crippen molar-refractivity contribution in [3.8, 4) is 22.9 Å². The molecule has 0 bridgehead atoms. The van der Waals surface area contributed by atoms with Crippen LogP contribution in [0, 0.1) is 0 Å². The zero-order valence-electron chi connectivity index (χ0n) is 18.2. The maximum atomic E-state index is 5.89. The van der Waals surface area contributed by atoms with Crippen molar-refractivity contribution in [3.05, 3.63) is 72.1 Å². The van der Waals surface area contributed by atoms with E-state index in [1.165, 1.54) is 5.56 Å². The van der Waals surface area contributed by atoms with Crippen molar-refractivity contribution in [2.24, 2.45) is 0 Å². The Balaban J connectivity index is 1.47. The fourth-order valence-electron chi connectivity index (χ4n) is 3.87. The summed E-state index contributed by atoms with van der Waals surface area (Å²) in [5.41, 5.74) is 3.27. The van der Waals surface area contributed by atoms with Crippen LogP contribution >= 0.6 is 0 Å². The van der Waals surface area contributed by atoms with E-state index in [2.05, 4.69) is 27.0 Å².